The molecule has 28 heavy (non-hydrogen) atoms. The topological polar surface area (TPSA) is 49.8 Å². The van der Waals surface area contributed by atoms with Crippen molar-refractivity contribution in [3.63, 3.8) is 0 Å². The molecule has 1 aliphatic heterocycles. The number of benzene rings is 2. The fraction of sp³-hybridized carbons (Fsp3) is 0.381. The molecule has 1 fully saturated rings. The predicted molar refractivity (Wildman–Crippen MR) is 99.8 cm³/mol. The van der Waals surface area contributed by atoms with Gasteiger partial charge in [0.2, 0.25) is 0 Å². The summed E-state index contributed by atoms with van der Waals surface area (Å²) < 4.78 is 44.0. The number of nitrogens with zero attached hydrogens (tertiary/aromatic N) is 1. The van der Waals surface area contributed by atoms with E-state index in [-0.39, 0.29) is 17.5 Å². The summed E-state index contributed by atoms with van der Waals surface area (Å²) in [5.74, 6) is -0.909. The van der Waals surface area contributed by atoms with Crippen molar-refractivity contribution in [3.05, 3.63) is 65.2 Å². The number of carbonyl (C=O) groups is 1. The Bertz CT molecular complexity index is 803. The Morgan fingerprint density at radius 3 is 2.32 bits per heavy atom. The van der Waals surface area contributed by atoms with Gasteiger partial charge in [0.1, 0.15) is 0 Å². The Morgan fingerprint density at radius 1 is 1.14 bits per heavy atom. The molecule has 0 aliphatic carbocycles. The van der Waals surface area contributed by atoms with Gasteiger partial charge in [-0.1, -0.05) is 12.1 Å². The second-order valence-corrected chi connectivity index (χ2v) is 6.87. The lowest BCUT2D eigenvalue weighted by molar-refractivity contribution is -0.137. The molecule has 2 aromatic carbocycles. The molecule has 7 heteroatoms. The molecule has 0 bridgehead atoms. The van der Waals surface area contributed by atoms with E-state index in [1.54, 1.807) is 36.4 Å². The normalized spacial score (nSPS) is 19.8. The van der Waals surface area contributed by atoms with Crippen LogP contribution in [0.2, 0.25) is 0 Å². The Kier molecular flexibility index (Phi) is 5.93. The van der Waals surface area contributed by atoms with E-state index in [1.807, 2.05) is 6.92 Å². The molecule has 2 aromatic rings. The van der Waals surface area contributed by atoms with Gasteiger partial charge in [-0.25, -0.2) is 4.79 Å². The van der Waals surface area contributed by atoms with Crippen LogP contribution >= 0.6 is 0 Å². The van der Waals surface area contributed by atoms with E-state index in [4.69, 9.17) is 9.84 Å². The Balaban J connectivity index is 1.81. The molecule has 0 aromatic heterocycles. The average Bonchev–Trinajstić information content (AvgIpc) is 3.10. The number of hydrogen-bond donors (Lipinski definition) is 1. The van der Waals surface area contributed by atoms with Crippen molar-refractivity contribution in [2.45, 2.75) is 31.5 Å². The minimum absolute atomic E-state index is 0.0721. The zero-order valence-corrected chi connectivity index (χ0v) is 15.4. The van der Waals surface area contributed by atoms with Crippen molar-refractivity contribution in [2.75, 3.05) is 24.7 Å². The van der Waals surface area contributed by atoms with Gasteiger partial charge in [-0.3, -0.25) is 0 Å². The number of hydrogen-bond acceptors (Lipinski definition) is 3. The van der Waals surface area contributed by atoms with Crippen LogP contribution in [-0.2, 0) is 10.9 Å². The van der Waals surface area contributed by atoms with Crippen LogP contribution in [0.1, 0.15) is 40.7 Å². The van der Waals surface area contributed by atoms with Crippen molar-refractivity contribution in [1.29, 1.82) is 0 Å². The first-order chi connectivity index (χ1) is 13.3. The van der Waals surface area contributed by atoms with Crippen LogP contribution in [0.15, 0.2) is 48.5 Å². The van der Waals surface area contributed by atoms with Crippen molar-refractivity contribution < 1.29 is 27.8 Å². The number of halogens is 3. The highest BCUT2D eigenvalue weighted by Crippen LogP contribution is 2.37. The van der Waals surface area contributed by atoms with Crippen molar-refractivity contribution >= 4 is 11.7 Å². The number of ether oxygens (including phenoxy) is 1. The second kappa shape index (κ2) is 8.22. The quantitative estimate of drug-likeness (QED) is 0.766. The van der Waals surface area contributed by atoms with Crippen LogP contribution < -0.4 is 4.90 Å². The standard InChI is InChI=1S/C21H22F3NO3/c1-2-28-13-19-11-16(14-3-7-17(8-4-14)21(22,23)24)12-25(19)18-9-5-15(6-10-18)20(26)27/h3-10,16,19H,2,11-13H2,1H3,(H,26,27)/t16?,19-/m0/s1. The van der Waals surface area contributed by atoms with Crippen LogP contribution in [0.3, 0.4) is 0 Å². The molecule has 1 unspecified atom stereocenters. The monoisotopic (exact) mass is 393 g/mol. The van der Waals surface area contributed by atoms with Gasteiger partial charge in [0, 0.05) is 24.8 Å². The maximum atomic E-state index is 12.8. The van der Waals surface area contributed by atoms with E-state index >= 15 is 0 Å². The van der Waals surface area contributed by atoms with Crippen LogP contribution in [0, 0.1) is 0 Å². The third-order valence-electron chi connectivity index (χ3n) is 5.08. The fourth-order valence-corrected chi connectivity index (χ4v) is 3.63. The second-order valence-electron chi connectivity index (χ2n) is 6.87. The lowest BCUT2D eigenvalue weighted by Crippen LogP contribution is -2.33. The molecule has 0 saturated carbocycles. The number of rotatable bonds is 6. The molecule has 4 nitrogen and oxygen atoms in total. The molecular formula is C21H22F3NO3. The minimum atomic E-state index is -4.34. The van der Waals surface area contributed by atoms with Gasteiger partial charge in [-0.15, -0.1) is 0 Å². The molecule has 1 aliphatic rings. The highest BCUT2D eigenvalue weighted by atomic mass is 19.4. The minimum Gasteiger partial charge on any atom is -0.478 e. The van der Waals surface area contributed by atoms with E-state index < -0.39 is 17.7 Å². The van der Waals surface area contributed by atoms with Gasteiger partial charge in [0.05, 0.1) is 23.8 Å². The lowest BCUT2D eigenvalue weighted by Gasteiger charge is -2.26. The van der Waals surface area contributed by atoms with Gasteiger partial charge in [0.25, 0.3) is 0 Å². The molecule has 3 rings (SSSR count). The summed E-state index contributed by atoms with van der Waals surface area (Å²) in [6.07, 6.45) is -3.59. The number of alkyl halides is 3. The van der Waals surface area contributed by atoms with Crippen molar-refractivity contribution in [1.82, 2.24) is 0 Å². The highest BCUT2D eigenvalue weighted by molar-refractivity contribution is 5.88. The average molecular weight is 393 g/mol. The molecule has 150 valence electrons. The van der Waals surface area contributed by atoms with Crippen LogP contribution in [0.4, 0.5) is 18.9 Å². The molecule has 2 atom stereocenters. The predicted octanol–water partition coefficient (Wildman–Crippen LogP) is 4.80. The van der Waals surface area contributed by atoms with Gasteiger partial charge < -0.3 is 14.7 Å². The van der Waals surface area contributed by atoms with Crippen molar-refractivity contribution in [3.8, 4) is 0 Å². The van der Waals surface area contributed by atoms with Crippen LogP contribution in [-0.4, -0.2) is 36.9 Å². The molecule has 1 heterocycles. The SMILES string of the molecule is CCOC[C@@H]1CC(c2ccc(C(F)(F)F)cc2)CN1c1ccc(C(=O)O)cc1. The Labute approximate surface area is 161 Å². The van der Waals surface area contributed by atoms with Gasteiger partial charge in [-0.05, 0) is 55.3 Å². The molecule has 0 spiro atoms. The highest BCUT2D eigenvalue weighted by Gasteiger charge is 2.34. The third kappa shape index (κ3) is 4.47. The summed E-state index contributed by atoms with van der Waals surface area (Å²) in [6, 6.07) is 12.0. The number of carboxylic acid groups (broad SMARTS) is 1. The van der Waals surface area contributed by atoms with Crippen LogP contribution in [0.5, 0.6) is 0 Å². The van der Waals surface area contributed by atoms with Gasteiger partial charge in [-0.2, -0.15) is 13.2 Å². The summed E-state index contributed by atoms with van der Waals surface area (Å²) in [4.78, 5) is 13.2. The fourth-order valence-electron chi connectivity index (χ4n) is 3.63. The summed E-state index contributed by atoms with van der Waals surface area (Å²) in [6.45, 7) is 3.63. The van der Waals surface area contributed by atoms with Crippen molar-refractivity contribution in [2.24, 2.45) is 0 Å². The summed E-state index contributed by atoms with van der Waals surface area (Å²) in [5.41, 5.74) is 1.30. The summed E-state index contributed by atoms with van der Waals surface area (Å²) in [7, 11) is 0. The zero-order chi connectivity index (χ0) is 20.3. The van der Waals surface area contributed by atoms with E-state index in [1.165, 1.54) is 0 Å². The van der Waals surface area contributed by atoms with E-state index in [0.717, 1.165) is 29.8 Å². The lowest BCUT2D eigenvalue weighted by atomic mass is 9.95. The Morgan fingerprint density at radius 2 is 1.79 bits per heavy atom. The first kappa shape index (κ1) is 20.2. The smallest absolute Gasteiger partial charge is 0.416 e. The number of aromatic carboxylic acids is 1. The van der Waals surface area contributed by atoms with Gasteiger partial charge >= 0.3 is 12.1 Å². The molecular weight excluding hydrogens is 371 g/mol. The third-order valence-corrected chi connectivity index (χ3v) is 5.08. The molecule has 0 amide bonds. The molecule has 0 radical (unpaired) electrons. The van der Waals surface area contributed by atoms with Gasteiger partial charge in [0.15, 0.2) is 0 Å². The maximum Gasteiger partial charge on any atom is 0.416 e. The summed E-state index contributed by atoms with van der Waals surface area (Å²) >= 11 is 0. The Hall–Kier alpha value is -2.54. The summed E-state index contributed by atoms with van der Waals surface area (Å²) in [5, 5.41) is 9.07. The number of anilines is 1. The maximum absolute atomic E-state index is 12.8. The van der Waals surface area contributed by atoms with E-state index in [9.17, 15) is 18.0 Å². The largest absolute Gasteiger partial charge is 0.478 e. The molecule has 1 saturated heterocycles. The van der Waals surface area contributed by atoms with Crippen LogP contribution in [0.25, 0.3) is 0 Å². The first-order valence-electron chi connectivity index (χ1n) is 9.14. The zero-order valence-electron chi connectivity index (χ0n) is 15.4. The van der Waals surface area contributed by atoms with E-state index in [0.29, 0.717) is 19.8 Å². The first-order valence-corrected chi connectivity index (χ1v) is 9.14. The van der Waals surface area contributed by atoms with E-state index in [2.05, 4.69) is 4.90 Å². The molecule has 1 N–H and O–H groups in total. The number of carboxylic acids is 1.